The Morgan fingerprint density at radius 1 is 1.10 bits per heavy atom. The lowest BCUT2D eigenvalue weighted by Gasteiger charge is -2.14. The Bertz CT molecular complexity index is 603. The molecule has 2 rings (SSSR count). The molecule has 2 aromatic carbocycles. The fourth-order valence-electron chi connectivity index (χ4n) is 2.15. The van der Waals surface area contributed by atoms with Crippen LogP contribution in [0.4, 0.5) is 4.39 Å². The van der Waals surface area contributed by atoms with Gasteiger partial charge in [0.25, 0.3) is 0 Å². The zero-order valence-corrected chi connectivity index (χ0v) is 14.5. The molecule has 0 saturated carbocycles. The summed E-state index contributed by atoms with van der Waals surface area (Å²) in [6.07, 6.45) is 0. The summed E-state index contributed by atoms with van der Waals surface area (Å²) in [5, 5.41) is 0.815. The Balaban J connectivity index is 2.21. The summed E-state index contributed by atoms with van der Waals surface area (Å²) in [5.41, 5.74) is 3.88. The van der Waals surface area contributed by atoms with Crippen molar-refractivity contribution in [3.8, 4) is 5.75 Å². The van der Waals surface area contributed by atoms with Gasteiger partial charge in [0, 0.05) is 15.4 Å². The minimum Gasteiger partial charge on any atom is -0.488 e. The van der Waals surface area contributed by atoms with Crippen LogP contribution in [-0.4, -0.2) is 0 Å². The largest absolute Gasteiger partial charge is 0.488 e. The first kappa shape index (κ1) is 15.5. The van der Waals surface area contributed by atoms with Crippen LogP contribution in [0.25, 0.3) is 0 Å². The van der Waals surface area contributed by atoms with Crippen LogP contribution in [0.3, 0.4) is 0 Å². The molecular formula is C16H15Br2FO. The Hall–Kier alpha value is -0.870. The smallest absolute Gasteiger partial charge is 0.129 e. The molecule has 0 bridgehead atoms. The van der Waals surface area contributed by atoms with Gasteiger partial charge in [-0.05, 0) is 48.7 Å². The first-order chi connectivity index (χ1) is 9.51. The van der Waals surface area contributed by atoms with Gasteiger partial charge in [0.2, 0.25) is 0 Å². The van der Waals surface area contributed by atoms with E-state index in [0.717, 1.165) is 26.7 Å². The summed E-state index contributed by atoms with van der Waals surface area (Å²) in [6.45, 7) is 4.23. The van der Waals surface area contributed by atoms with Gasteiger partial charge >= 0.3 is 0 Å². The minimum absolute atomic E-state index is 0.223. The molecule has 0 aliphatic heterocycles. The molecule has 0 radical (unpaired) electrons. The Morgan fingerprint density at radius 2 is 1.75 bits per heavy atom. The Labute approximate surface area is 135 Å². The summed E-state index contributed by atoms with van der Waals surface area (Å²) >= 11 is 6.79. The average molecular weight is 402 g/mol. The van der Waals surface area contributed by atoms with Crippen LogP contribution in [0.1, 0.15) is 22.3 Å². The normalized spacial score (nSPS) is 10.7. The molecule has 4 heteroatoms. The van der Waals surface area contributed by atoms with E-state index in [9.17, 15) is 4.39 Å². The molecule has 0 N–H and O–H groups in total. The first-order valence-corrected chi connectivity index (χ1v) is 8.15. The summed E-state index contributed by atoms with van der Waals surface area (Å²) in [4.78, 5) is 0. The Kier molecular flexibility index (Phi) is 5.22. The van der Waals surface area contributed by atoms with Crippen molar-refractivity contribution in [1.29, 1.82) is 0 Å². The average Bonchev–Trinajstić information content (AvgIpc) is 2.41. The predicted octanol–water partition coefficient (Wildman–Crippen LogP) is 5.68. The standard InChI is InChI=1S/C16H15Br2FO/c1-10-5-12(8-17)6-11(2)16(10)20-9-13-7-14(18)3-4-15(13)19/h3-7H,8-9H2,1-2H3. The number of halogens is 3. The van der Waals surface area contributed by atoms with Gasteiger partial charge in [-0.2, -0.15) is 0 Å². The summed E-state index contributed by atoms with van der Waals surface area (Å²) in [7, 11) is 0. The SMILES string of the molecule is Cc1cc(CBr)cc(C)c1OCc1cc(Br)ccc1F. The maximum atomic E-state index is 13.7. The summed E-state index contributed by atoms with van der Waals surface area (Å²) in [6, 6.07) is 9.02. The monoisotopic (exact) mass is 400 g/mol. The molecule has 0 atom stereocenters. The molecule has 0 aliphatic rings. The molecule has 106 valence electrons. The number of ether oxygens (including phenoxy) is 1. The lowest BCUT2D eigenvalue weighted by molar-refractivity contribution is 0.295. The third-order valence-corrected chi connectivity index (χ3v) is 4.19. The van der Waals surface area contributed by atoms with Crippen LogP contribution in [0, 0.1) is 19.7 Å². The van der Waals surface area contributed by atoms with Crippen LogP contribution in [0.15, 0.2) is 34.8 Å². The molecule has 0 spiro atoms. The van der Waals surface area contributed by atoms with Gasteiger partial charge in [-0.25, -0.2) is 4.39 Å². The van der Waals surface area contributed by atoms with Gasteiger partial charge in [0.15, 0.2) is 0 Å². The van der Waals surface area contributed by atoms with E-state index in [0.29, 0.717) is 5.56 Å². The molecule has 0 fully saturated rings. The molecule has 0 aromatic heterocycles. The number of benzene rings is 2. The van der Waals surface area contributed by atoms with Crippen LogP contribution >= 0.6 is 31.9 Å². The number of aryl methyl sites for hydroxylation is 2. The maximum Gasteiger partial charge on any atom is 0.129 e. The molecular weight excluding hydrogens is 387 g/mol. The van der Waals surface area contributed by atoms with Gasteiger partial charge in [-0.3, -0.25) is 0 Å². The van der Waals surface area contributed by atoms with Gasteiger partial charge in [-0.1, -0.05) is 44.0 Å². The molecule has 0 aliphatic carbocycles. The number of hydrogen-bond acceptors (Lipinski definition) is 1. The summed E-state index contributed by atoms with van der Waals surface area (Å²) in [5.74, 6) is 0.578. The third kappa shape index (κ3) is 3.61. The predicted molar refractivity (Wildman–Crippen MR) is 87.0 cm³/mol. The second-order valence-corrected chi connectivity index (χ2v) is 6.19. The van der Waals surface area contributed by atoms with E-state index in [4.69, 9.17) is 4.74 Å². The highest BCUT2D eigenvalue weighted by Gasteiger charge is 2.09. The summed E-state index contributed by atoms with van der Waals surface area (Å²) < 4.78 is 20.3. The fourth-order valence-corrected chi connectivity index (χ4v) is 2.88. The lowest BCUT2D eigenvalue weighted by atomic mass is 10.1. The fraction of sp³-hybridized carbons (Fsp3) is 0.250. The number of rotatable bonds is 4. The van der Waals surface area contributed by atoms with Crippen molar-refractivity contribution in [1.82, 2.24) is 0 Å². The van der Waals surface area contributed by atoms with E-state index in [2.05, 4.69) is 44.0 Å². The van der Waals surface area contributed by atoms with Gasteiger partial charge in [0.05, 0.1) is 0 Å². The number of hydrogen-bond donors (Lipinski definition) is 0. The Morgan fingerprint density at radius 3 is 2.35 bits per heavy atom. The molecule has 0 amide bonds. The zero-order valence-electron chi connectivity index (χ0n) is 11.3. The topological polar surface area (TPSA) is 9.23 Å². The molecule has 20 heavy (non-hydrogen) atoms. The van der Waals surface area contributed by atoms with Gasteiger partial charge < -0.3 is 4.74 Å². The van der Waals surface area contributed by atoms with Crippen molar-refractivity contribution in [3.63, 3.8) is 0 Å². The van der Waals surface area contributed by atoms with Crippen molar-refractivity contribution < 1.29 is 9.13 Å². The van der Waals surface area contributed by atoms with Crippen molar-refractivity contribution in [2.45, 2.75) is 25.8 Å². The zero-order chi connectivity index (χ0) is 14.7. The van der Waals surface area contributed by atoms with Crippen LogP contribution in [0.2, 0.25) is 0 Å². The van der Waals surface area contributed by atoms with E-state index < -0.39 is 0 Å². The second-order valence-electron chi connectivity index (χ2n) is 4.72. The number of alkyl halides is 1. The van der Waals surface area contributed by atoms with Gasteiger partial charge in [0.1, 0.15) is 18.2 Å². The van der Waals surface area contributed by atoms with Crippen LogP contribution in [-0.2, 0) is 11.9 Å². The third-order valence-electron chi connectivity index (χ3n) is 3.05. The second kappa shape index (κ2) is 6.72. The molecule has 0 heterocycles. The minimum atomic E-state index is -0.249. The van der Waals surface area contributed by atoms with Crippen molar-refractivity contribution in [3.05, 3.63) is 62.9 Å². The van der Waals surface area contributed by atoms with E-state index in [1.54, 1.807) is 12.1 Å². The highest BCUT2D eigenvalue weighted by atomic mass is 79.9. The highest BCUT2D eigenvalue weighted by Crippen LogP contribution is 2.27. The maximum absolute atomic E-state index is 13.7. The van der Waals surface area contributed by atoms with Crippen molar-refractivity contribution in [2.24, 2.45) is 0 Å². The first-order valence-electron chi connectivity index (χ1n) is 6.24. The van der Waals surface area contributed by atoms with Crippen LogP contribution in [0.5, 0.6) is 5.75 Å². The van der Waals surface area contributed by atoms with Crippen molar-refractivity contribution in [2.75, 3.05) is 0 Å². The quantitative estimate of drug-likeness (QED) is 0.599. The molecule has 0 saturated heterocycles. The molecule has 1 nitrogen and oxygen atoms in total. The molecule has 0 unspecified atom stereocenters. The molecule has 2 aromatic rings. The lowest BCUT2D eigenvalue weighted by Crippen LogP contribution is -2.02. The van der Waals surface area contributed by atoms with E-state index in [1.807, 2.05) is 13.8 Å². The highest BCUT2D eigenvalue weighted by molar-refractivity contribution is 9.10. The van der Waals surface area contributed by atoms with Gasteiger partial charge in [-0.15, -0.1) is 0 Å². The van der Waals surface area contributed by atoms with E-state index in [1.165, 1.54) is 11.6 Å². The van der Waals surface area contributed by atoms with E-state index >= 15 is 0 Å². The van der Waals surface area contributed by atoms with Crippen molar-refractivity contribution >= 4 is 31.9 Å². The van der Waals surface area contributed by atoms with E-state index in [-0.39, 0.29) is 12.4 Å². The van der Waals surface area contributed by atoms with Crippen LogP contribution < -0.4 is 4.74 Å².